The fraction of sp³-hybridized carbons (Fsp3) is 0.167. The molecule has 1 amide bonds. The molecular formula is C12H7F6N3O. The molecule has 0 aliphatic rings. The van der Waals surface area contributed by atoms with Crippen LogP contribution in [0.3, 0.4) is 0 Å². The summed E-state index contributed by atoms with van der Waals surface area (Å²) in [5, 5.41) is 4.85. The monoisotopic (exact) mass is 323 g/mol. The lowest BCUT2D eigenvalue weighted by molar-refractivity contribution is -0.141. The Balaban J connectivity index is 2.37. The zero-order chi connectivity index (χ0) is 16.7. The maximum atomic E-state index is 13.4. The average molecular weight is 323 g/mol. The summed E-state index contributed by atoms with van der Waals surface area (Å²) in [4.78, 5) is 11.8. The van der Waals surface area contributed by atoms with Crippen molar-refractivity contribution in [2.24, 2.45) is 7.05 Å². The van der Waals surface area contributed by atoms with E-state index in [1.54, 1.807) is 5.32 Å². The predicted octanol–water partition coefficient (Wildman–Crippen LogP) is 3.11. The van der Waals surface area contributed by atoms with E-state index in [2.05, 4.69) is 5.10 Å². The number of hydrogen-bond acceptors (Lipinski definition) is 2. The number of carbonyl (C=O) groups excluding carboxylic acids is 1. The number of aryl methyl sites for hydroxylation is 1. The number of amides is 1. The van der Waals surface area contributed by atoms with Gasteiger partial charge in [0.05, 0.1) is 11.3 Å². The number of nitrogens with one attached hydrogen (secondary N) is 1. The summed E-state index contributed by atoms with van der Waals surface area (Å²) < 4.78 is 78.1. The molecule has 0 fully saturated rings. The highest BCUT2D eigenvalue weighted by atomic mass is 19.4. The van der Waals surface area contributed by atoms with Crippen molar-refractivity contribution in [1.29, 1.82) is 0 Å². The van der Waals surface area contributed by atoms with Gasteiger partial charge in [-0.2, -0.15) is 18.3 Å². The van der Waals surface area contributed by atoms with Gasteiger partial charge in [-0.3, -0.25) is 9.48 Å². The Kier molecular flexibility index (Phi) is 3.86. The Labute approximate surface area is 119 Å². The van der Waals surface area contributed by atoms with E-state index in [4.69, 9.17) is 0 Å². The normalized spacial score (nSPS) is 11.6. The molecule has 0 spiro atoms. The third-order valence-electron chi connectivity index (χ3n) is 2.63. The van der Waals surface area contributed by atoms with Crippen LogP contribution < -0.4 is 5.32 Å². The van der Waals surface area contributed by atoms with Crippen LogP contribution >= 0.6 is 0 Å². The van der Waals surface area contributed by atoms with E-state index in [0.717, 1.165) is 17.9 Å². The van der Waals surface area contributed by atoms with Crippen LogP contribution in [0.2, 0.25) is 0 Å². The van der Waals surface area contributed by atoms with Crippen LogP contribution in [0.1, 0.15) is 16.1 Å². The van der Waals surface area contributed by atoms with Crippen LogP contribution in [-0.4, -0.2) is 15.7 Å². The van der Waals surface area contributed by atoms with Gasteiger partial charge in [-0.05, 0) is 12.1 Å². The summed E-state index contributed by atoms with van der Waals surface area (Å²) in [5.41, 5.74) is -3.14. The molecule has 22 heavy (non-hydrogen) atoms. The standard InChI is InChI=1S/C12H7F6N3O/c1-21-4-5(10(20-21)12(16,17)18)11(22)19-7-3-2-6(13)8(14)9(7)15/h2-4H,1H3,(H,19,22). The fourth-order valence-electron chi connectivity index (χ4n) is 1.68. The molecule has 0 aliphatic heterocycles. The first-order valence-electron chi connectivity index (χ1n) is 5.67. The van der Waals surface area contributed by atoms with Gasteiger partial charge in [0.15, 0.2) is 23.1 Å². The molecule has 2 rings (SSSR count). The Bertz CT molecular complexity index is 737. The summed E-state index contributed by atoms with van der Waals surface area (Å²) in [6.45, 7) is 0. The number of rotatable bonds is 2. The summed E-state index contributed by atoms with van der Waals surface area (Å²) in [6, 6.07) is 1.22. The second-order valence-electron chi connectivity index (χ2n) is 4.24. The second-order valence-corrected chi connectivity index (χ2v) is 4.24. The van der Waals surface area contributed by atoms with Crippen LogP contribution in [0.25, 0.3) is 0 Å². The van der Waals surface area contributed by atoms with Crippen molar-refractivity contribution < 1.29 is 31.1 Å². The van der Waals surface area contributed by atoms with Crippen LogP contribution in [0.4, 0.5) is 32.0 Å². The Morgan fingerprint density at radius 2 is 1.82 bits per heavy atom. The van der Waals surface area contributed by atoms with Gasteiger partial charge in [-0.15, -0.1) is 0 Å². The SMILES string of the molecule is Cn1cc(C(=O)Nc2ccc(F)c(F)c2F)c(C(F)(F)F)n1. The molecule has 2 aromatic rings. The molecule has 1 N–H and O–H groups in total. The topological polar surface area (TPSA) is 46.9 Å². The largest absolute Gasteiger partial charge is 0.435 e. The molecule has 0 bridgehead atoms. The van der Waals surface area contributed by atoms with Crippen LogP contribution in [0.5, 0.6) is 0 Å². The first kappa shape index (κ1) is 15.9. The first-order chi connectivity index (χ1) is 10.1. The molecule has 0 unspecified atom stereocenters. The van der Waals surface area contributed by atoms with Gasteiger partial charge < -0.3 is 5.32 Å². The molecule has 10 heteroatoms. The summed E-state index contributed by atoms with van der Waals surface area (Å²) in [5.74, 6) is -6.41. The van der Waals surface area contributed by atoms with Crippen molar-refractivity contribution in [1.82, 2.24) is 9.78 Å². The molecule has 0 radical (unpaired) electrons. The molecule has 0 saturated heterocycles. The summed E-state index contributed by atoms with van der Waals surface area (Å²) in [6.07, 6.45) is -4.13. The second kappa shape index (κ2) is 5.35. The number of benzene rings is 1. The number of anilines is 1. The highest BCUT2D eigenvalue weighted by Crippen LogP contribution is 2.31. The number of halogens is 6. The molecular weight excluding hydrogens is 316 g/mol. The van der Waals surface area contributed by atoms with E-state index >= 15 is 0 Å². The summed E-state index contributed by atoms with van der Waals surface area (Å²) in [7, 11) is 1.16. The first-order valence-corrected chi connectivity index (χ1v) is 5.67. The van der Waals surface area contributed by atoms with Crippen LogP contribution in [-0.2, 0) is 13.2 Å². The van der Waals surface area contributed by atoms with Gasteiger partial charge in [0, 0.05) is 13.2 Å². The van der Waals surface area contributed by atoms with Crippen molar-refractivity contribution >= 4 is 11.6 Å². The minimum Gasteiger partial charge on any atom is -0.319 e. The van der Waals surface area contributed by atoms with Gasteiger partial charge in [0.2, 0.25) is 0 Å². The zero-order valence-corrected chi connectivity index (χ0v) is 10.8. The number of aromatic nitrogens is 2. The van der Waals surface area contributed by atoms with Crippen molar-refractivity contribution in [3.8, 4) is 0 Å². The van der Waals surface area contributed by atoms with Crippen molar-refractivity contribution in [2.75, 3.05) is 5.32 Å². The van der Waals surface area contributed by atoms with E-state index < -0.39 is 46.5 Å². The van der Waals surface area contributed by atoms with Crippen LogP contribution in [0.15, 0.2) is 18.3 Å². The third-order valence-corrected chi connectivity index (χ3v) is 2.63. The van der Waals surface area contributed by atoms with Crippen LogP contribution in [0, 0.1) is 17.5 Å². The van der Waals surface area contributed by atoms with Crippen molar-refractivity contribution in [3.63, 3.8) is 0 Å². The van der Waals surface area contributed by atoms with Gasteiger partial charge >= 0.3 is 6.18 Å². The van der Waals surface area contributed by atoms with Gasteiger partial charge in [-0.1, -0.05) is 0 Å². The number of hydrogen-bond donors (Lipinski definition) is 1. The van der Waals surface area contributed by atoms with E-state index in [0.29, 0.717) is 12.1 Å². The lowest BCUT2D eigenvalue weighted by Crippen LogP contribution is -2.18. The highest BCUT2D eigenvalue weighted by molar-refractivity contribution is 6.05. The highest BCUT2D eigenvalue weighted by Gasteiger charge is 2.39. The predicted molar refractivity (Wildman–Crippen MR) is 62.5 cm³/mol. The van der Waals surface area contributed by atoms with Gasteiger partial charge in [0.25, 0.3) is 5.91 Å². The Hall–Kier alpha value is -2.52. The molecule has 4 nitrogen and oxygen atoms in total. The van der Waals surface area contributed by atoms with Crippen molar-refractivity contribution in [2.45, 2.75) is 6.18 Å². The van der Waals surface area contributed by atoms with E-state index in [1.807, 2.05) is 0 Å². The molecule has 0 atom stereocenters. The molecule has 1 heterocycles. The maximum Gasteiger partial charge on any atom is 0.435 e. The molecule has 1 aromatic heterocycles. The van der Waals surface area contributed by atoms with E-state index in [9.17, 15) is 31.1 Å². The zero-order valence-electron chi connectivity index (χ0n) is 10.8. The molecule has 1 aromatic carbocycles. The summed E-state index contributed by atoms with van der Waals surface area (Å²) >= 11 is 0. The van der Waals surface area contributed by atoms with E-state index in [-0.39, 0.29) is 0 Å². The minimum atomic E-state index is -4.90. The van der Waals surface area contributed by atoms with Gasteiger partial charge in [0.1, 0.15) is 0 Å². The number of alkyl halides is 3. The average Bonchev–Trinajstić information content (AvgIpc) is 2.82. The Morgan fingerprint density at radius 3 is 2.41 bits per heavy atom. The Morgan fingerprint density at radius 1 is 1.18 bits per heavy atom. The lowest BCUT2D eigenvalue weighted by Gasteiger charge is -2.08. The number of nitrogens with zero attached hydrogens (tertiary/aromatic N) is 2. The number of carbonyl (C=O) groups is 1. The fourth-order valence-corrected chi connectivity index (χ4v) is 1.68. The van der Waals surface area contributed by atoms with E-state index in [1.165, 1.54) is 0 Å². The smallest absolute Gasteiger partial charge is 0.319 e. The van der Waals surface area contributed by atoms with Crippen molar-refractivity contribution in [3.05, 3.63) is 47.0 Å². The maximum absolute atomic E-state index is 13.4. The lowest BCUT2D eigenvalue weighted by atomic mass is 10.2. The molecule has 0 aliphatic carbocycles. The molecule has 118 valence electrons. The minimum absolute atomic E-state index is 0.530. The third kappa shape index (κ3) is 2.90. The molecule has 0 saturated carbocycles. The quantitative estimate of drug-likeness (QED) is 0.682. The van der Waals surface area contributed by atoms with Gasteiger partial charge in [-0.25, -0.2) is 13.2 Å².